The molecule has 10 heteroatoms. The minimum absolute atomic E-state index is 0.0649. The Kier molecular flexibility index (Phi) is 7.88. The van der Waals surface area contributed by atoms with Gasteiger partial charge in [0.05, 0.1) is 10.6 Å². The Bertz CT molecular complexity index is 1230. The van der Waals surface area contributed by atoms with Gasteiger partial charge in [-0.15, -0.1) is 0 Å². The number of aromatic amines is 1. The van der Waals surface area contributed by atoms with E-state index in [0.717, 1.165) is 74.9 Å². The molecule has 1 atom stereocenters. The summed E-state index contributed by atoms with van der Waals surface area (Å²) in [5, 5.41) is 4.36. The highest BCUT2D eigenvalue weighted by Gasteiger charge is 2.35. The maximum Gasteiger partial charge on any atom is 0.255 e. The van der Waals surface area contributed by atoms with Gasteiger partial charge in [-0.2, -0.15) is 0 Å². The van der Waals surface area contributed by atoms with E-state index in [2.05, 4.69) is 32.0 Å². The van der Waals surface area contributed by atoms with Crippen molar-refractivity contribution in [2.45, 2.75) is 38.3 Å². The normalized spacial score (nSPS) is 19.3. The van der Waals surface area contributed by atoms with Gasteiger partial charge in [0.1, 0.15) is 11.6 Å². The van der Waals surface area contributed by atoms with E-state index in [4.69, 9.17) is 28.2 Å². The number of aromatic nitrogens is 3. The van der Waals surface area contributed by atoms with Crippen molar-refractivity contribution in [2.75, 3.05) is 50.0 Å². The Morgan fingerprint density at radius 3 is 2.62 bits per heavy atom. The molecule has 0 bridgehead atoms. The van der Waals surface area contributed by atoms with Crippen LogP contribution in [0.1, 0.15) is 36.5 Å². The van der Waals surface area contributed by atoms with E-state index in [1.807, 2.05) is 30.3 Å². The van der Waals surface area contributed by atoms with Gasteiger partial charge in [0.15, 0.2) is 0 Å². The number of nitrogens with zero attached hydrogens (tertiary/aromatic N) is 5. The molecule has 0 spiro atoms. The van der Waals surface area contributed by atoms with Crippen LogP contribution in [0.15, 0.2) is 42.9 Å². The van der Waals surface area contributed by atoms with Crippen LogP contribution >= 0.6 is 23.2 Å². The van der Waals surface area contributed by atoms with Gasteiger partial charge in [-0.3, -0.25) is 9.69 Å². The summed E-state index contributed by atoms with van der Waals surface area (Å²) in [4.78, 5) is 32.2. The molecule has 2 aromatic heterocycles. The first-order valence-corrected chi connectivity index (χ1v) is 13.7. The highest BCUT2D eigenvalue weighted by atomic mass is 35.5. The van der Waals surface area contributed by atoms with E-state index in [1.165, 1.54) is 0 Å². The number of amides is 1. The molecule has 2 N–H and O–H groups in total. The van der Waals surface area contributed by atoms with Gasteiger partial charge in [0.2, 0.25) is 0 Å². The van der Waals surface area contributed by atoms with Crippen molar-refractivity contribution in [3.8, 4) is 11.4 Å². The Morgan fingerprint density at radius 2 is 1.95 bits per heavy atom. The number of imidazole rings is 1. The molecule has 4 heterocycles. The fourth-order valence-electron chi connectivity index (χ4n) is 5.60. The highest BCUT2D eigenvalue weighted by Crippen LogP contribution is 2.31. The smallest absolute Gasteiger partial charge is 0.255 e. The predicted octanol–water partition coefficient (Wildman–Crippen LogP) is 5.03. The number of rotatable bonds is 6. The van der Waals surface area contributed by atoms with Crippen molar-refractivity contribution in [1.29, 1.82) is 0 Å². The number of anilines is 2. The van der Waals surface area contributed by atoms with Crippen LogP contribution in [0.2, 0.25) is 10.0 Å². The Balaban J connectivity index is 1.21. The van der Waals surface area contributed by atoms with E-state index in [1.54, 1.807) is 24.5 Å². The molecule has 196 valence electrons. The largest absolute Gasteiger partial charge is 0.387 e. The van der Waals surface area contributed by atoms with Gasteiger partial charge < -0.3 is 20.1 Å². The molecule has 2 saturated heterocycles. The van der Waals surface area contributed by atoms with Gasteiger partial charge in [-0.25, -0.2) is 9.97 Å². The van der Waals surface area contributed by atoms with E-state index in [0.29, 0.717) is 27.7 Å². The van der Waals surface area contributed by atoms with Gasteiger partial charge in [-0.1, -0.05) is 30.1 Å². The van der Waals surface area contributed by atoms with Crippen LogP contribution < -0.4 is 10.2 Å². The first kappa shape index (κ1) is 25.8. The lowest BCUT2D eigenvalue weighted by Crippen LogP contribution is -2.58. The first-order chi connectivity index (χ1) is 18.0. The zero-order valence-corrected chi connectivity index (χ0v) is 22.8. The van der Waals surface area contributed by atoms with Crippen LogP contribution in [0.5, 0.6) is 0 Å². The first-order valence-electron chi connectivity index (χ1n) is 12.9. The lowest BCUT2D eigenvalue weighted by Gasteiger charge is -2.47. The van der Waals surface area contributed by atoms with Crippen molar-refractivity contribution >= 4 is 40.6 Å². The molecule has 8 nitrogen and oxygen atoms in total. The highest BCUT2D eigenvalue weighted by molar-refractivity contribution is 6.33. The monoisotopic (exact) mass is 541 g/mol. The molecule has 37 heavy (non-hydrogen) atoms. The molecule has 0 aliphatic carbocycles. The Hall–Kier alpha value is -2.81. The van der Waals surface area contributed by atoms with Gasteiger partial charge in [0.25, 0.3) is 5.91 Å². The van der Waals surface area contributed by atoms with E-state index in [-0.39, 0.29) is 5.91 Å². The number of likely N-dealkylation sites (tertiary alicyclic amines) is 1. The number of benzene rings is 1. The summed E-state index contributed by atoms with van der Waals surface area (Å²) in [5.41, 5.74) is 2.32. The van der Waals surface area contributed by atoms with Crippen LogP contribution in [0.3, 0.4) is 0 Å². The molecule has 2 aliphatic heterocycles. The fraction of sp³-hybridized carbons (Fsp3) is 0.444. The van der Waals surface area contributed by atoms with Crippen LogP contribution in [0.25, 0.3) is 11.4 Å². The van der Waals surface area contributed by atoms with Crippen LogP contribution in [0, 0.1) is 0 Å². The molecule has 2 fully saturated rings. The number of H-pyrrole nitrogens is 1. The number of hydrogen-bond donors (Lipinski definition) is 2. The summed E-state index contributed by atoms with van der Waals surface area (Å²) >= 11 is 12.8. The topological polar surface area (TPSA) is 80.4 Å². The number of nitrogens with one attached hydrogen (secondary N) is 2. The van der Waals surface area contributed by atoms with Crippen molar-refractivity contribution in [2.24, 2.45) is 0 Å². The maximum atomic E-state index is 13.2. The Morgan fingerprint density at radius 1 is 1.14 bits per heavy atom. The summed E-state index contributed by atoms with van der Waals surface area (Å²) in [6.45, 7) is 6.48. The summed E-state index contributed by atoms with van der Waals surface area (Å²) in [7, 11) is 1.81. The Labute approximate surface area is 228 Å². The van der Waals surface area contributed by atoms with Crippen molar-refractivity contribution in [1.82, 2.24) is 24.8 Å². The number of pyridine rings is 1. The average molecular weight is 543 g/mol. The molecule has 3 aromatic rings. The number of carbonyl (C=O) groups excluding carboxylic acids is 1. The molecule has 0 unspecified atom stereocenters. The van der Waals surface area contributed by atoms with E-state index in [9.17, 15) is 4.79 Å². The second-order valence-electron chi connectivity index (χ2n) is 9.68. The van der Waals surface area contributed by atoms with Crippen LogP contribution in [-0.4, -0.2) is 82.5 Å². The molecular formula is C27H33Cl2N7O. The van der Waals surface area contributed by atoms with E-state index >= 15 is 0 Å². The van der Waals surface area contributed by atoms with E-state index < -0.39 is 0 Å². The summed E-state index contributed by atoms with van der Waals surface area (Å²) < 4.78 is 0. The minimum Gasteiger partial charge on any atom is -0.387 e. The molecule has 5 rings (SSSR count). The average Bonchev–Trinajstić information content (AvgIpc) is 3.47. The third-order valence-electron chi connectivity index (χ3n) is 7.59. The minimum atomic E-state index is 0.0649. The quantitative estimate of drug-likeness (QED) is 0.455. The second kappa shape index (κ2) is 11.3. The summed E-state index contributed by atoms with van der Waals surface area (Å²) in [6, 6.07) is 8.21. The summed E-state index contributed by atoms with van der Waals surface area (Å²) in [5.74, 6) is 1.66. The van der Waals surface area contributed by atoms with Gasteiger partial charge in [-0.05, 0) is 43.5 Å². The SMILES string of the molecule is CC[C@H]1CN(c2ncc(-c3ncc[nH]3)cc2Cl)CCN1C1CCN(C(=O)c2ccc(Cl)cc2NC)CC1. The van der Waals surface area contributed by atoms with Gasteiger partial charge >= 0.3 is 0 Å². The van der Waals surface area contributed by atoms with Crippen LogP contribution in [0.4, 0.5) is 11.5 Å². The van der Waals surface area contributed by atoms with Crippen LogP contribution in [-0.2, 0) is 0 Å². The third-order valence-corrected chi connectivity index (χ3v) is 8.11. The zero-order chi connectivity index (χ0) is 25.9. The molecule has 1 aromatic carbocycles. The number of halogens is 2. The molecule has 2 aliphatic rings. The molecule has 1 amide bonds. The maximum absolute atomic E-state index is 13.2. The molecule has 0 saturated carbocycles. The standard InChI is InChI=1S/C27H33Cl2N7O/c1-3-20-17-35(26-23(29)14-18(16-33-26)25-31-8-9-32-25)12-13-36(20)21-6-10-34(11-7-21)27(37)22-5-4-19(28)15-24(22)30-2/h4-5,8-9,14-16,20-21,30H,3,6-7,10-13,17H2,1-2H3,(H,31,32)/t20-/m0/s1. The lowest BCUT2D eigenvalue weighted by atomic mass is 9.97. The molecule has 0 radical (unpaired) electrons. The van der Waals surface area contributed by atoms with Crippen molar-refractivity contribution < 1.29 is 4.79 Å². The predicted molar refractivity (Wildman–Crippen MR) is 150 cm³/mol. The number of carbonyl (C=O) groups is 1. The molecular weight excluding hydrogens is 509 g/mol. The second-order valence-corrected chi connectivity index (χ2v) is 10.5. The zero-order valence-electron chi connectivity index (χ0n) is 21.3. The van der Waals surface area contributed by atoms with Gasteiger partial charge in [0, 0.05) is 86.7 Å². The lowest BCUT2D eigenvalue weighted by molar-refractivity contribution is 0.0491. The van der Waals surface area contributed by atoms with Crippen molar-refractivity contribution in [3.63, 3.8) is 0 Å². The number of piperidine rings is 1. The third kappa shape index (κ3) is 5.42. The number of hydrogen-bond acceptors (Lipinski definition) is 6. The number of piperazine rings is 1. The van der Waals surface area contributed by atoms with Crippen molar-refractivity contribution in [3.05, 3.63) is 58.5 Å². The fourth-order valence-corrected chi connectivity index (χ4v) is 6.06. The summed E-state index contributed by atoms with van der Waals surface area (Å²) in [6.07, 6.45) is 8.34.